The van der Waals surface area contributed by atoms with Gasteiger partial charge in [-0.2, -0.15) is 0 Å². The molecule has 0 bridgehead atoms. The number of rotatable bonds is 6. The number of nitrogens with one attached hydrogen (secondary N) is 1. The first-order valence-corrected chi connectivity index (χ1v) is 9.75. The molecule has 2 aromatic heterocycles. The molecule has 1 aromatic carbocycles. The monoisotopic (exact) mass is 415 g/mol. The molecule has 0 aliphatic carbocycles. The number of pyridine rings is 1. The molecule has 8 heteroatoms. The van der Waals surface area contributed by atoms with E-state index in [0.29, 0.717) is 16.4 Å². The number of benzene rings is 1. The predicted molar refractivity (Wildman–Crippen MR) is 110 cm³/mol. The van der Waals surface area contributed by atoms with Crippen LogP contribution < -0.4 is 5.32 Å². The van der Waals surface area contributed by atoms with Gasteiger partial charge in [0.15, 0.2) is 6.61 Å². The summed E-state index contributed by atoms with van der Waals surface area (Å²) in [6, 6.07) is 7.40. The molecular weight excluding hydrogens is 398 g/mol. The van der Waals surface area contributed by atoms with Gasteiger partial charge in [0, 0.05) is 23.3 Å². The first-order valence-electron chi connectivity index (χ1n) is 8.49. The lowest BCUT2D eigenvalue weighted by Gasteiger charge is -2.11. The summed E-state index contributed by atoms with van der Waals surface area (Å²) in [5.41, 5.74) is 3.84. The molecule has 0 saturated carbocycles. The summed E-state index contributed by atoms with van der Waals surface area (Å²) < 4.78 is 5.06. The molecule has 0 radical (unpaired) electrons. The third-order valence-corrected chi connectivity index (χ3v) is 5.08. The summed E-state index contributed by atoms with van der Waals surface area (Å²) in [5.74, 6) is -0.971. The normalized spacial score (nSPS) is 10.5. The second-order valence-electron chi connectivity index (χ2n) is 6.21. The van der Waals surface area contributed by atoms with Crippen LogP contribution in [0.4, 0.5) is 5.69 Å². The van der Waals surface area contributed by atoms with E-state index >= 15 is 0 Å². The Bertz CT molecular complexity index is 982. The fraction of sp³-hybridized carbons (Fsp3) is 0.200. The van der Waals surface area contributed by atoms with Crippen LogP contribution in [0.3, 0.4) is 0 Å². The number of amides is 1. The van der Waals surface area contributed by atoms with Gasteiger partial charge in [0.05, 0.1) is 22.8 Å². The standard InChI is InChI=1S/C20H18ClN3O3S/c1-12-6-13(2)19(16(21)7-12)24-17(25)10-27-18(26)8-15-11-28-20(23-15)14-4-3-5-22-9-14/h3-7,9,11H,8,10H2,1-2H3,(H,24,25). The minimum absolute atomic E-state index is 0.00560. The molecule has 0 aliphatic rings. The molecule has 0 spiro atoms. The zero-order chi connectivity index (χ0) is 20.1. The van der Waals surface area contributed by atoms with E-state index < -0.39 is 11.9 Å². The second-order valence-corrected chi connectivity index (χ2v) is 7.48. The number of hydrogen-bond acceptors (Lipinski definition) is 6. The summed E-state index contributed by atoms with van der Waals surface area (Å²) in [7, 11) is 0. The zero-order valence-electron chi connectivity index (χ0n) is 15.4. The van der Waals surface area contributed by atoms with Gasteiger partial charge in [0.25, 0.3) is 5.91 Å². The maximum Gasteiger partial charge on any atom is 0.312 e. The van der Waals surface area contributed by atoms with Crippen LogP contribution in [0.25, 0.3) is 10.6 Å². The number of halogens is 1. The van der Waals surface area contributed by atoms with Gasteiger partial charge >= 0.3 is 5.97 Å². The zero-order valence-corrected chi connectivity index (χ0v) is 16.9. The molecular formula is C20H18ClN3O3S. The quantitative estimate of drug-likeness (QED) is 0.610. The van der Waals surface area contributed by atoms with Crippen molar-refractivity contribution in [1.82, 2.24) is 9.97 Å². The Morgan fingerprint density at radius 2 is 2.11 bits per heavy atom. The predicted octanol–water partition coefficient (Wildman–Crippen LogP) is 4.20. The van der Waals surface area contributed by atoms with Gasteiger partial charge in [-0.15, -0.1) is 11.3 Å². The molecule has 6 nitrogen and oxygen atoms in total. The third-order valence-electron chi connectivity index (χ3n) is 3.85. The van der Waals surface area contributed by atoms with E-state index in [2.05, 4.69) is 15.3 Å². The molecule has 1 amide bonds. The van der Waals surface area contributed by atoms with Crippen LogP contribution in [0, 0.1) is 13.8 Å². The SMILES string of the molecule is Cc1cc(C)c(NC(=O)COC(=O)Cc2csc(-c3cccnc3)n2)c(Cl)c1. The molecule has 0 unspecified atom stereocenters. The minimum Gasteiger partial charge on any atom is -0.455 e. The Balaban J connectivity index is 1.52. The number of carbonyl (C=O) groups is 2. The van der Waals surface area contributed by atoms with Crippen LogP contribution in [-0.4, -0.2) is 28.5 Å². The van der Waals surface area contributed by atoms with Crippen molar-refractivity contribution in [3.05, 3.63) is 63.9 Å². The van der Waals surface area contributed by atoms with Gasteiger partial charge in [-0.25, -0.2) is 4.98 Å². The third kappa shape index (κ3) is 5.15. The number of anilines is 1. The lowest BCUT2D eigenvalue weighted by molar-refractivity contribution is -0.146. The lowest BCUT2D eigenvalue weighted by Crippen LogP contribution is -2.22. The average molecular weight is 416 g/mol. The van der Waals surface area contributed by atoms with Gasteiger partial charge in [-0.05, 0) is 43.2 Å². The van der Waals surface area contributed by atoms with Crippen molar-refractivity contribution < 1.29 is 14.3 Å². The number of esters is 1. The Morgan fingerprint density at radius 3 is 2.82 bits per heavy atom. The molecule has 28 heavy (non-hydrogen) atoms. The summed E-state index contributed by atoms with van der Waals surface area (Å²) in [6.07, 6.45) is 3.39. The van der Waals surface area contributed by atoms with Crippen LogP contribution in [0.1, 0.15) is 16.8 Å². The second kappa shape index (κ2) is 8.95. The van der Waals surface area contributed by atoms with Crippen LogP contribution in [0.2, 0.25) is 5.02 Å². The van der Waals surface area contributed by atoms with Gasteiger partial charge in [0.1, 0.15) is 5.01 Å². The van der Waals surface area contributed by atoms with Crippen molar-refractivity contribution in [3.63, 3.8) is 0 Å². The van der Waals surface area contributed by atoms with E-state index in [1.54, 1.807) is 23.8 Å². The van der Waals surface area contributed by atoms with Crippen molar-refractivity contribution in [2.45, 2.75) is 20.3 Å². The smallest absolute Gasteiger partial charge is 0.312 e. The maximum absolute atomic E-state index is 12.1. The average Bonchev–Trinajstić information content (AvgIpc) is 3.12. The van der Waals surface area contributed by atoms with E-state index in [1.807, 2.05) is 32.0 Å². The van der Waals surface area contributed by atoms with Crippen LogP contribution in [0.5, 0.6) is 0 Å². The van der Waals surface area contributed by atoms with Crippen LogP contribution in [0.15, 0.2) is 42.0 Å². The molecule has 2 heterocycles. The highest BCUT2D eigenvalue weighted by molar-refractivity contribution is 7.13. The molecule has 0 atom stereocenters. The fourth-order valence-electron chi connectivity index (χ4n) is 2.60. The summed E-state index contributed by atoms with van der Waals surface area (Å²) in [4.78, 5) is 32.6. The van der Waals surface area contributed by atoms with E-state index in [1.165, 1.54) is 11.3 Å². The van der Waals surface area contributed by atoms with Gasteiger partial charge in [0.2, 0.25) is 0 Å². The van der Waals surface area contributed by atoms with E-state index in [4.69, 9.17) is 16.3 Å². The fourth-order valence-corrected chi connectivity index (χ4v) is 3.78. The molecule has 0 fully saturated rings. The van der Waals surface area contributed by atoms with E-state index in [0.717, 1.165) is 21.7 Å². The molecule has 1 N–H and O–H groups in total. The van der Waals surface area contributed by atoms with Crippen molar-refractivity contribution >= 4 is 40.5 Å². The van der Waals surface area contributed by atoms with Crippen molar-refractivity contribution in [2.24, 2.45) is 0 Å². The highest BCUT2D eigenvalue weighted by atomic mass is 35.5. The van der Waals surface area contributed by atoms with Crippen molar-refractivity contribution in [2.75, 3.05) is 11.9 Å². The highest BCUT2D eigenvalue weighted by Gasteiger charge is 2.14. The largest absolute Gasteiger partial charge is 0.455 e. The maximum atomic E-state index is 12.1. The Morgan fingerprint density at radius 1 is 1.29 bits per heavy atom. The minimum atomic E-state index is -0.523. The van der Waals surface area contributed by atoms with Crippen LogP contribution in [-0.2, 0) is 20.7 Å². The van der Waals surface area contributed by atoms with Crippen molar-refractivity contribution in [3.8, 4) is 10.6 Å². The van der Waals surface area contributed by atoms with Crippen LogP contribution >= 0.6 is 22.9 Å². The van der Waals surface area contributed by atoms with Gasteiger partial charge < -0.3 is 10.1 Å². The van der Waals surface area contributed by atoms with Gasteiger partial charge in [-0.1, -0.05) is 17.7 Å². The number of ether oxygens (including phenoxy) is 1. The van der Waals surface area contributed by atoms with Crippen molar-refractivity contribution in [1.29, 1.82) is 0 Å². The Kier molecular flexibility index (Phi) is 6.38. The summed E-state index contributed by atoms with van der Waals surface area (Å²) >= 11 is 7.59. The molecule has 3 aromatic rings. The number of hydrogen-bond donors (Lipinski definition) is 1. The Labute approximate surface area is 171 Å². The number of thiazole rings is 1. The highest BCUT2D eigenvalue weighted by Crippen LogP contribution is 2.27. The number of aromatic nitrogens is 2. The van der Waals surface area contributed by atoms with E-state index in [-0.39, 0.29) is 13.0 Å². The molecule has 0 saturated heterocycles. The van der Waals surface area contributed by atoms with Gasteiger partial charge in [-0.3, -0.25) is 14.6 Å². The number of nitrogens with zero attached hydrogens (tertiary/aromatic N) is 2. The summed E-state index contributed by atoms with van der Waals surface area (Å²) in [6.45, 7) is 3.38. The lowest BCUT2D eigenvalue weighted by atomic mass is 10.1. The summed E-state index contributed by atoms with van der Waals surface area (Å²) in [5, 5.41) is 5.70. The van der Waals surface area contributed by atoms with E-state index in [9.17, 15) is 9.59 Å². The Hall–Kier alpha value is -2.77. The first-order chi connectivity index (χ1) is 13.4. The topological polar surface area (TPSA) is 81.2 Å². The number of aryl methyl sites for hydroxylation is 2. The molecule has 3 rings (SSSR count). The molecule has 144 valence electrons. The number of carbonyl (C=O) groups excluding carboxylic acids is 2. The molecule has 0 aliphatic heterocycles. The first kappa shape index (κ1) is 20.0.